The highest BCUT2D eigenvalue weighted by Gasteiger charge is 2.12. The Balaban J connectivity index is 2.29. The van der Waals surface area contributed by atoms with Crippen molar-refractivity contribution in [3.63, 3.8) is 0 Å². The second kappa shape index (κ2) is 2.13. The normalized spacial score (nSPS) is 29.6. The Labute approximate surface area is 48.5 Å². The maximum Gasteiger partial charge on any atom is 0.235 e. The first-order valence-electron chi connectivity index (χ1n) is 2.72. The lowest BCUT2D eigenvalue weighted by atomic mass is 10.3. The molecule has 45 valence electrons. The van der Waals surface area contributed by atoms with Crippen molar-refractivity contribution < 1.29 is 4.79 Å². The predicted octanol–water partition coefficient (Wildman–Crippen LogP) is -0.891. The minimum atomic E-state index is 0.0445. The van der Waals surface area contributed by atoms with Gasteiger partial charge in [0.2, 0.25) is 5.91 Å². The van der Waals surface area contributed by atoms with E-state index in [1.165, 1.54) is 0 Å². The van der Waals surface area contributed by atoms with Gasteiger partial charge in [-0.15, -0.1) is 0 Å². The summed E-state index contributed by atoms with van der Waals surface area (Å²) in [5, 5.41) is 6.70. The van der Waals surface area contributed by atoms with Gasteiger partial charge >= 0.3 is 0 Å². The minimum absolute atomic E-state index is 0.0445. The summed E-state index contributed by atoms with van der Waals surface area (Å²) in [5.41, 5.74) is 0. The molecule has 1 heterocycles. The van der Waals surface area contributed by atoms with Crippen molar-refractivity contribution in [2.75, 3.05) is 13.1 Å². The van der Waals surface area contributed by atoms with E-state index < -0.39 is 0 Å². The van der Waals surface area contributed by atoms with Gasteiger partial charge in [0.15, 0.2) is 0 Å². The van der Waals surface area contributed by atoms with Crippen molar-refractivity contribution in [2.24, 2.45) is 0 Å². The van der Waals surface area contributed by atoms with Crippen molar-refractivity contribution >= 4 is 5.91 Å². The van der Waals surface area contributed by atoms with E-state index in [0.29, 0.717) is 19.1 Å². The molecule has 3 nitrogen and oxygen atoms in total. The Morgan fingerprint density at radius 1 is 1.88 bits per heavy atom. The molecule has 1 aliphatic heterocycles. The zero-order valence-electron chi connectivity index (χ0n) is 4.85. The van der Waals surface area contributed by atoms with E-state index in [9.17, 15) is 4.79 Å². The molecule has 0 aromatic heterocycles. The smallest absolute Gasteiger partial charge is 0.235 e. The monoisotopic (exact) mass is 113 g/mol. The molecule has 8 heavy (non-hydrogen) atoms. The highest BCUT2D eigenvalue weighted by molar-refractivity contribution is 5.78. The van der Waals surface area contributed by atoms with Gasteiger partial charge in [0, 0.05) is 12.6 Å². The summed E-state index contributed by atoms with van der Waals surface area (Å²) in [5.74, 6) is 0.0445. The van der Waals surface area contributed by atoms with E-state index in [2.05, 4.69) is 10.6 Å². The average Bonchev–Trinajstić information content (AvgIpc) is 1.77. The second-order valence-electron chi connectivity index (χ2n) is 1.99. The Bertz CT molecular complexity index is 92.6. The maximum atomic E-state index is 10.4. The fraction of sp³-hybridized carbons (Fsp3) is 0.800. The lowest BCUT2D eigenvalue weighted by molar-refractivity contribution is -0.121. The molecular formula is C5H9N2O. The fourth-order valence-corrected chi connectivity index (χ4v) is 0.621. The average molecular weight is 113 g/mol. The number of hydrogen-bond donors (Lipinski definition) is 1. The van der Waals surface area contributed by atoms with Gasteiger partial charge in [0.05, 0.1) is 6.54 Å². The third kappa shape index (κ3) is 1.20. The summed E-state index contributed by atoms with van der Waals surface area (Å²) in [6, 6.07) is 0.313. The van der Waals surface area contributed by atoms with Crippen LogP contribution in [0.5, 0.6) is 0 Å². The Hall–Kier alpha value is -0.570. The van der Waals surface area contributed by atoms with Crippen LogP contribution >= 0.6 is 0 Å². The summed E-state index contributed by atoms with van der Waals surface area (Å²) in [6.07, 6.45) is 0. The van der Waals surface area contributed by atoms with Crippen molar-refractivity contribution in [1.82, 2.24) is 10.6 Å². The van der Waals surface area contributed by atoms with Crippen LogP contribution in [-0.2, 0) is 4.79 Å². The van der Waals surface area contributed by atoms with Crippen LogP contribution in [0.1, 0.15) is 6.92 Å². The fourth-order valence-electron chi connectivity index (χ4n) is 0.621. The van der Waals surface area contributed by atoms with Crippen LogP contribution in [0.15, 0.2) is 0 Å². The number of carbonyl (C=O) groups is 1. The second-order valence-corrected chi connectivity index (χ2v) is 1.99. The topological polar surface area (TPSA) is 43.2 Å². The van der Waals surface area contributed by atoms with Crippen molar-refractivity contribution in [3.05, 3.63) is 0 Å². The number of nitrogens with zero attached hydrogens (tertiary/aromatic N) is 1. The van der Waals surface area contributed by atoms with E-state index in [-0.39, 0.29) is 5.91 Å². The zero-order valence-corrected chi connectivity index (χ0v) is 4.85. The third-order valence-electron chi connectivity index (χ3n) is 1.14. The van der Waals surface area contributed by atoms with E-state index in [1.54, 1.807) is 0 Å². The summed E-state index contributed by atoms with van der Waals surface area (Å²) < 4.78 is 0. The standard InChI is InChI=1S/C5H9N2O/c1-4-2-7-5(8)3-6-4/h4H,2-3H2,1H3,(H,7,8). The minimum Gasteiger partial charge on any atom is -0.353 e. The van der Waals surface area contributed by atoms with Gasteiger partial charge in [0.25, 0.3) is 0 Å². The van der Waals surface area contributed by atoms with Crippen molar-refractivity contribution in [2.45, 2.75) is 13.0 Å². The number of rotatable bonds is 0. The van der Waals surface area contributed by atoms with Crippen LogP contribution in [0.25, 0.3) is 0 Å². The number of nitrogens with one attached hydrogen (secondary N) is 1. The lowest BCUT2D eigenvalue weighted by Gasteiger charge is -2.17. The molecule has 0 aliphatic carbocycles. The van der Waals surface area contributed by atoms with Gasteiger partial charge in [0.1, 0.15) is 0 Å². The number of carbonyl (C=O) groups excluding carboxylic acids is 1. The molecule has 0 bridgehead atoms. The summed E-state index contributed by atoms with van der Waals surface area (Å²) in [6.45, 7) is 3.04. The Morgan fingerprint density at radius 2 is 2.62 bits per heavy atom. The van der Waals surface area contributed by atoms with E-state index in [0.717, 1.165) is 0 Å². The molecule has 1 unspecified atom stereocenters. The molecule has 1 fully saturated rings. The highest BCUT2D eigenvalue weighted by atomic mass is 16.2. The molecule has 1 radical (unpaired) electrons. The molecule has 0 spiro atoms. The van der Waals surface area contributed by atoms with Crippen LogP contribution in [0.3, 0.4) is 0 Å². The van der Waals surface area contributed by atoms with Crippen molar-refractivity contribution in [3.8, 4) is 0 Å². The van der Waals surface area contributed by atoms with Crippen molar-refractivity contribution in [1.29, 1.82) is 0 Å². The summed E-state index contributed by atoms with van der Waals surface area (Å²) in [7, 11) is 0. The maximum absolute atomic E-state index is 10.4. The third-order valence-corrected chi connectivity index (χ3v) is 1.14. The SMILES string of the molecule is CC1CNC(=O)C[N]1. The predicted molar refractivity (Wildman–Crippen MR) is 29.5 cm³/mol. The first-order valence-corrected chi connectivity index (χ1v) is 2.72. The molecule has 1 atom stereocenters. The van der Waals surface area contributed by atoms with Crippen LogP contribution in [0.4, 0.5) is 0 Å². The summed E-state index contributed by atoms with van der Waals surface area (Å²) in [4.78, 5) is 10.4. The first-order chi connectivity index (χ1) is 3.79. The largest absolute Gasteiger partial charge is 0.353 e. The first kappa shape index (κ1) is 5.56. The van der Waals surface area contributed by atoms with Gasteiger partial charge in [-0.05, 0) is 6.92 Å². The van der Waals surface area contributed by atoms with E-state index in [1.807, 2.05) is 6.92 Å². The number of piperazine rings is 1. The van der Waals surface area contributed by atoms with Gasteiger partial charge in [-0.3, -0.25) is 4.79 Å². The molecule has 1 amide bonds. The summed E-state index contributed by atoms with van der Waals surface area (Å²) >= 11 is 0. The van der Waals surface area contributed by atoms with Crippen LogP contribution in [0.2, 0.25) is 0 Å². The molecule has 1 rings (SSSR count). The molecule has 1 N–H and O–H groups in total. The Morgan fingerprint density at radius 3 is 3.00 bits per heavy atom. The molecule has 3 heteroatoms. The number of amides is 1. The quantitative estimate of drug-likeness (QED) is 0.435. The van der Waals surface area contributed by atoms with Crippen LogP contribution in [-0.4, -0.2) is 25.0 Å². The molecule has 1 aliphatic rings. The zero-order chi connectivity index (χ0) is 5.98. The molecule has 0 aromatic carbocycles. The number of hydrogen-bond acceptors (Lipinski definition) is 1. The Kier molecular flexibility index (Phi) is 1.48. The molecular weight excluding hydrogens is 104 g/mol. The van der Waals surface area contributed by atoms with Gasteiger partial charge < -0.3 is 5.32 Å². The lowest BCUT2D eigenvalue weighted by Crippen LogP contribution is -2.46. The molecule has 0 saturated carbocycles. The van der Waals surface area contributed by atoms with Crippen LogP contribution < -0.4 is 10.6 Å². The molecule has 0 aromatic rings. The van der Waals surface area contributed by atoms with Gasteiger partial charge in [-0.25, -0.2) is 5.32 Å². The van der Waals surface area contributed by atoms with Crippen LogP contribution in [0, 0.1) is 0 Å². The highest BCUT2D eigenvalue weighted by Crippen LogP contribution is 1.85. The van der Waals surface area contributed by atoms with Gasteiger partial charge in [-0.2, -0.15) is 0 Å². The van der Waals surface area contributed by atoms with E-state index in [4.69, 9.17) is 0 Å². The molecule has 1 saturated heterocycles. The van der Waals surface area contributed by atoms with E-state index >= 15 is 0 Å². The van der Waals surface area contributed by atoms with Gasteiger partial charge in [-0.1, -0.05) is 0 Å².